The van der Waals surface area contributed by atoms with E-state index in [-0.39, 0.29) is 6.04 Å². The van der Waals surface area contributed by atoms with Crippen LogP contribution < -0.4 is 10.6 Å². The standard InChI is InChI=1S/C16H24N4S/c1-10(2)15(12-7-6-8-21-12)18-14-9-13(17-5)19-16(20-14)11(3)4/h6-11,15H,1-5H3,(H2,17,18,19,20). The van der Waals surface area contributed by atoms with Crippen molar-refractivity contribution in [3.8, 4) is 0 Å². The first-order valence-electron chi connectivity index (χ1n) is 7.38. The lowest BCUT2D eigenvalue weighted by atomic mass is 10.0. The number of nitrogens with zero attached hydrogens (tertiary/aromatic N) is 2. The van der Waals surface area contributed by atoms with Crippen molar-refractivity contribution in [3.05, 3.63) is 34.3 Å². The minimum absolute atomic E-state index is 0.268. The van der Waals surface area contributed by atoms with Gasteiger partial charge in [-0.25, -0.2) is 9.97 Å². The van der Waals surface area contributed by atoms with Crippen LogP contribution in [0.1, 0.15) is 50.4 Å². The van der Waals surface area contributed by atoms with Crippen molar-refractivity contribution in [2.45, 2.75) is 39.7 Å². The van der Waals surface area contributed by atoms with Gasteiger partial charge >= 0.3 is 0 Å². The van der Waals surface area contributed by atoms with E-state index in [9.17, 15) is 0 Å². The molecule has 2 aromatic rings. The van der Waals surface area contributed by atoms with Crippen molar-refractivity contribution in [2.24, 2.45) is 5.92 Å². The molecule has 0 aliphatic carbocycles. The van der Waals surface area contributed by atoms with E-state index in [1.54, 1.807) is 11.3 Å². The molecular weight excluding hydrogens is 280 g/mol. The van der Waals surface area contributed by atoms with Crippen molar-refractivity contribution >= 4 is 23.0 Å². The SMILES string of the molecule is CNc1cc(NC(c2cccs2)C(C)C)nc(C(C)C)n1. The molecule has 114 valence electrons. The topological polar surface area (TPSA) is 49.8 Å². The first kappa shape index (κ1) is 15.8. The zero-order chi connectivity index (χ0) is 15.4. The van der Waals surface area contributed by atoms with Gasteiger partial charge in [-0.05, 0) is 17.4 Å². The molecule has 0 saturated heterocycles. The molecule has 2 heterocycles. The quantitative estimate of drug-likeness (QED) is 0.824. The van der Waals surface area contributed by atoms with Crippen LogP contribution in [0, 0.1) is 5.92 Å². The summed E-state index contributed by atoms with van der Waals surface area (Å²) in [7, 11) is 1.88. The molecule has 1 unspecified atom stereocenters. The molecule has 0 aliphatic rings. The average molecular weight is 304 g/mol. The third kappa shape index (κ3) is 3.94. The van der Waals surface area contributed by atoms with E-state index in [0.29, 0.717) is 11.8 Å². The van der Waals surface area contributed by atoms with Gasteiger partial charge in [-0.3, -0.25) is 0 Å². The number of thiophene rings is 1. The van der Waals surface area contributed by atoms with Gasteiger partial charge in [-0.2, -0.15) is 0 Å². The second-order valence-electron chi connectivity index (χ2n) is 5.78. The van der Waals surface area contributed by atoms with Gasteiger partial charge in [0.25, 0.3) is 0 Å². The molecule has 0 amide bonds. The molecule has 2 aromatic heterocycles. The zero-order valence-corrected chi connectivity index (χ0v) is 14.2. The Labute approximate surface area is 131 Å². The molecule has 0 radical (unpaired) electrons. The Kier molecular flexibility index (Phi) is 5.17. The molecule has 2 rings (SSSR count). The Morgan fingerprint density at radius 1 is 1.10 bits per heavy atom. The summed E-state index contributed by atoms with van der Waals surface area (Å²) in [6, 6.07) is 6.50. The maximum absolute atomic E-state index is 4.66. The third-order valence-electron chi connectivity index (χ3n) is 3.34. The fraction of sp³-hybridized carbons (Fsp3) is 0.500. The zero-order valence-electron chi connectivity index (χ0n) is 13.3. The number of hydrogen-bond donors (Lipinski definition) is 2. The van der Waals surface area contributed by atoms with E-state index in [4.69, 9.17) is 0 Å². The van der Waals surface area contributed by atoms with E-state index in [1.807, 2.05) is 13.1 Å². The highest BCUT2D eigenvalue weighted by Gasteiger charge is 2.18. The van der Waals surface area contributed by atoms with E-state index in [2.05, 4.69) is 65.8 Å². The second-order valence-corrected chi connectivity index (χ2v) is 6.76. The van der Waals surface area contributed by atoms with Crippen molar-refractivity contribution in [3.63, 3.8) is 0 Å². The molecule has 4 nitrogen and oxygen atoms in total. The Bertz CT molecular complexity index is 564. The minimum atomic E-state index is 0.268. The Morgan fingerprint density at radius 3 is 2.33 bits per heavy atom. The largest absolute Gasteiger partial charge is 0.373 e. The molecule has 0 fully saturated rings. The van der Waals surface area contributed by atoms with Crippen LogP contribution in [0.2, 0.25) is 0 Å². The van der Waals surface area contributed by atoms with Crippen LogP contribution >= 0.6 is 11.3 Å². The lowest BCUT2D eigenvalue weighted by Crippen LogP contribution is -2.17. The smallest absolute Gasteiger partial charge is 0.135 e. The monoisotopic (exact) mass is 304 g/mol. The fourth-order valence-electron chi connectivity index (χ4n) is 2.12. The highest BCUT2D eigenvalue weighted by atomic mass is 32.1. The Hall–Kier alpha value is -1.62. The van der Waals surface area contributed by atoms with Crippen molar-refractivity contribution in [1.82, 2.24) is 9.97 Å². The Balaban J connectivity index is 2.30. The molecular formula is C16H24N4S. The molecule has 21 heavy (non-hydrogen) atoms. The molecule has 0 saturated carbocycles. The summed E-state index contributed by atoms with van der Waals surface area (Å²) in [4.78, 5) is 10.5. The van der Waals surface area contributed by atoms with Crippen LogP contribution in [-0.4, -0.2) is 17.0 Å². The predicted molar refractivity (Wildman–Crippen MR) is 91.2 cm³/mol. The van der Waals surface area contributed by atoms with Gasteiger partial charge in [0, 0.05) is 23.9 Å². The molecule has 2 N–H and O–H groups in total. The number of aromatic nitrogens is 2. The van der Waals surface area contributed by atoms with Crippen molar-refractivity contribution < 1.29 is 0 Å². The van der Waals surface area contributed by atoms with Crippen LogP contribution in [-0.2, 0) is 0 Å². The van der Waals surface area contributed by atoms with Gasteiger partial charge < -0.3 is 10.6 Å². The summed E-state index contributed by atoms with van der Waals surface area (Å²) < 4.78 is 0. The first-order chi connectivity index (χ1) is 10.0. The molecule has 0 aromatic carbocycles. The van der Waals surface area contributed by atoms with Crippen LogP contribution in [0.3, 0.4) is 0 Å². The van der Waals surface area contributed by atoms with Crippen LogP contribution in [0.15, 0.2) is 23.6 Å². The summed E-state index contributed by atoms with van der Waals surface area (Å²) in [6.07, 6.45) is 0. The molecule has 0 aliphatic heterocycles. The van der Waals surface area contributed by atoms with Crippen molar-refractivity contribution in [1.29, 1.82) is 0 Å². The summed E-state index contributed by atoms with van der Waals surface area (Å²) >= 11 is 1.78. The van der Waals surface area contributed by atoms with Gasteiger partial charge in [0.05, 0.1) is 6.04 Å². The van der Waals surface area contributed by atoms with E-state index < -0.39 is 0 Å². The number of rotatable bonds is 6. The second kappa shape index (κ2) is 6.89. The summed E-state index contributed by atoms with van der Waals surface area (Å²) in [5, 5.41) is 8.80. The van der Waals surface area contributed by atoms with Gasteiger partial charge in [-0.15, -0.1) is 11.3 Å². The van der Waals surface area contributed by atoms with Crippen LogP contribution in [0.5, 0.6) is 0 Å². The molecule has 0 bridgehead atoms. The first-order valence-corrected chi connectivity index (χ1v) is 8.26. The average Bonchev–Trinajstić information content (AvgIpc) is 2.97. The van der Waals surface area contributed by atoms with E-state index in [1.165, 1.54) is 4.88 Å². The predicted octanol–water partition coefficient (Wildman–Crippen LogP) is 4.51. The molecule has 5 heteroatoms. The van der Waals surface area contributed by atoms with Gasteiger partial charge in [-0.1, -0.05) is 33.8 Å². The van der Waals surface area contributed by atoms with Gasteiger partial charge in [0.1, 0.15) is 17.5 Å². The number of anilines is 2. The summed E-state index contributed by atoms with van der Waals surface area (Å²) in [6.45, 7) is 8.66. The number of nitrogens with one attached hydrogen (secondary N) is 2. The van der Waals surface area contributed by atoms with Crippen LogP contribution in [0.4, 0.5) is 11.6 Å². The maximum Gasteiger partial charge on any atom is 0.135 e. The number of hydrogen-bond acceptors (Lipinski definition) is 5. The van der Waals surface area contributed by atoms with Crippen molar-refractivity contribution in [2.75, 3.05) is 17.7 Å². The van der Waals surface area contributed by atoms with Gasteiger partial charge in [0.15, 0.2) is 0 Å². The third-order valence-corrected chi connectivity index (χ3v) is 4.29. The van der Waals surface area contributed by atoms with E-state index >= 15 is 0 Å². The highest BCUT2D eigenvalue weighted by Crippen LogP contribution is 2.30. The maximum atomic E-state index is 4.66. The lowest BCUT2D eigenvalue weighted by molar-refractivity contribution is 0.551. The lowest BCUT2D eigenvalue weighted by Gasteiger charge is -2.22. The highest BCUT2D eigenvalue weighted by molar-refractivity contribution is 7.10. The molecule has 1 atom stereocenters. The minimum Gasteiger partial charge on any atom is -0.373 e. The fourth-order valence-corrected chi connectivity index (χ4v) is 3.07. The summed E-state index contributed by atoms with van der Waals surface area (Å²) in [5.74, 6) is 3.38. The summed E-state index contributed by atoms with van der Waals surface area (Å²) in [5.41, 5.74) is 0. The molecule has 0 spiro atoms. The Morgan fingerprint density at radius 2 is 1.81 bits per heavy atom. The van der Waals surface area contributed by atoms with Crippen LogP contribution in [0.25, 0.3) is 0 Å². The normalized spacial score (nSPS) is 12.7. The van der Waals surface area contributed by atoms with Gasteiger partial charge in [0.2, 0.25) is 0 Å². The van der Waals surface area contributed by atoms with E-state index in [0.717, 1.165) is 17.5 Å².